The van der Waals surface area contributed by atoms with Gasteiger partial charge >= 0.3 is 0 Å². The van der Waals surface area contributed by atoms with Crippen LogP contribution in [0.3, 0.4) is 0 Å². The third-order valence-electron chi connectivity index (χ3n) is 5.81. The second kappa shape index (κ2) is 10.2. The second-order valence-electron chi connectivity index (χ2n) is 8.06. The number of morpholine rings is 1. The summed E-state index contributed by atoms with van der Waals surface area (Å²) in [5.41, 5.74) is 2.28. The molecule has 1 amide bonds. The van der Waals surface area contributed by atoms with Crippen LogP contribution >= 0.6 is 11.3 Å². The van der Waals surface area contributed by atoms with Crippen molar-refractivity contribution in [1.82, 2.24) is 14.5 Å². The van der Waals surface area contributed by atoms with Crippen LogP contribution in [0.25, 0.3) is 0 Å². The van der Waals surface area contributed by atoms with Gasteiger partial charge in [0.15, 0.2) is 0 Å². The fraction of sp³-hybridized carbons (Fsp3) is 0.500. The molecule has 2 saturated heterocycles. The maximum absolute atomic E-state index is 12.8. The second-order valence-corrected chi connectivity index (χ2v) is 11.2. The predicted molar refractivity (Wildman–Crippen MR) is 120 cm³/mol. The van der Waals surface area contributed by atoms with Crippen molar-refractivity contribution >= 4 is 27.3 Å². The van der Waals surface area contributed by atoms with E-state index in [-0.39, 0.29) is 18.4 Å². The number of thiophene rings is 1. The average molecular weight is 464 g/mol. The molecular formula is C22H29N3O4S2. The fourth-order valence-corrected chi connectivity index (χ4v) is 6.77. The van der Waals surface area contributed by atoms with E-state index in [4.69, 9.17) is 4.74 Å². The van der Waals surface area contributed by atoms with Crippen LogP contribution in [-0.4, -0.2) is 62.9 Å². The van der Waals surface area contributed by atoms with Gasteiger partial charge in [0.1, 0.15) is 4.21 Å². The van der Waals surface area contributed by atoms with Crippen molar-refractivity contribution in [3.63, 3.8) is 0 Å². The summed E-state index contributed by atoms with van der Waals surface area (Å²) in [5.74, 6) is -0.398. The van der Waals surface area contributed by atoms with Gasteiger partial charge in [-0.25, -0.2) is 8.42 Å². The Balaban J connectivity index is 1.32. The minimum atomic E-state index is -3.51. The lowest BCUT2D eigenvalue weighted by Gasteiger charge is -2.30. The van der Waals surface area contributed by atoms with E-state index in [2.05, 4.69) is 22.3 Å². The first-order valence-corrected chi connectivity index (χ1v) is 13.0. The first-order valence-electron chi connectivity index (χ1n) is 10.7. The van der Waals surface area contributed by atoms with E-state index in [1.54, 1.807) is 17.5 Å². The van der Waals surface area contributed by atoms with Crippen LogP contribution in [0, 0.1) is 5.92 Å². The highest BCUT2D eigenvalue weighted by atomic mass is 32.2. The molecule has 1 aromatic carbocycles. The third-order valence-corrected chi connectivity index (χ3v) is 9.05. The van der Waals surface area contributed by atoms with E-state index in [0.29, 0.717) is 30.1 Å². The maximum Gasteiger partial charge on any atom is 0.252 e. The first-order chi connectivity index (χ1) is 15.0. The number of carbonyl (C=O) groups excluding carboxylic acids is 1. The molecule has 168 valence electrons. The van der Waals surface area contributed by atoms with Crippen molar-refractivity contribution in [2.75, 3.05) is 39.4 Å². The highest BCUT2D eigenvalue weighted by Gasteiger charge is 2.33. The Morgan fingerprint density at radius 3 is 2.71 bits per heavy atom. The van der Waals surface area contributed by atoms with Gasteiger partial charge in [0.2, 0.25) is 5.91 Å². The number of nitrogens with zero attached hydrogens (tertiary/aromatic N) is 2. The number of nitrogens with one attached hydrogen (secondary N) is 1. The number of piperidine rings is 1. The van der Waals surface area contributed by atoms with Gasteiger partial charge in [-0.2, -0.15) is 4.31 Å². The fourth-order valence-electron chi connectivity index (χ4n) is 4.10. The van der Waals surface area contributed by atoms with Crippen LogP contribution in [-0.2, 0) is 32.6 Å². The third kappa shape index (κ3) is 5.72. The van der Waals surface area contributed by atoms with Crippen LogP contribution in [0.4, 0.5) is 0 Å². The molecule has 0 spiro atoms. The molecule has 0 saturated carbocycles. The van der Waals surface area contributed by atoms with Crippen LogP contribution in [0.1, 0.15) is 24.0 Å². The van der Waals surface area contributed by atoms with E-state index in [9.17, 15) is 13.2 Å². The van der Waals surface area contributed by atoms with E-state index in [1.807, 2.05) is 12.1 Å². The van der Waals surface area contributed by atoms with Crippen LogP contribution in [0.15, 0.2) is 46.0 Å². The average Bonchev–Trinajstić information content (AvgIpc) is 3.35. The molecule has 31 heavy (non-hydrogen) atoms. The van der Waals surface area contributed by atoms with Crippen molar-refractivity contribution in [2.24, 2.45) is 5.92 Å². The van der Waals surface area contributed by atoms with Gasteiger partial charge in [0.25, 0.3) is 10.0 Å². The molecule has 0 radical (unpaired) electrons. The Morgan fingerprint density at radius 2 is 1.94 bits per heavy atom. The van der Waals surface area contributed by atoms with E-state index in [1.165, 1.54) is 21.2 Å². The number of hydrogen-bond acceptors (Lipinski definition) is 6. The zero-order chi connectivity index (χ0) is 21.7. The molecule has 1 N–H and O–H groups in total. The minimum absolute atomic E-state index is 0.0790. The quantitative estimate of drug-likeness (QED) is 0.682. The van der Waals surface area contributed by atoms with E-state index < -0.39 is 10.0 Å². The molecule has 2 fully saturated rings. The number of carbonyl (C=O) groups is 1. The van der Waals surface area contributed by atoms with E-state index in [0.717, 1.165) is 38.4 Å². The summed E-state index contributed by atoms with van der Waals surface area (Å²) in [4.78, 5) is 15.1. The predicted octanol–water partition coefficient (Wildman–Crippen LogP) is 2.30. The van der Waals surface area contributed by atoms with Gasteiger partial charge in [-0.3, -0.25) is 9.69 Å². The lowest BCUT2D eigenvalue weighted by Crippen LogP contribution is -2.45. The number of sulfonamides is 1. The molecule has 2 aliphatic rings. The summed E-state index contributed by atoms with van der Waals surface area (Å²) in [6, 6.07) is 11.6. The first kappa shape index (κ1) is 22.4. The molecule has 1 aromatic heterocycles. The number of ether oxygens (including phenoxy) is 1. The van der Waals surface area contributed by atoms with Gasteiger partial charge < -0.3 is 10.1 Å². The number of benzene rings is 1. The standard InChI is InChI=1S/C22H29N3O4S2/c26-22(20-6-2-8-25(17-20)31(27,28)21-7-3-13-30-21)23-15-18-4-1-5-19(14-18)16-24-9-11-29-12-10-24/h1,3-5,7,13-14,20H,2,6,8-12,15-17H2,(H,23,26)/t20-/m1/s1. The van der Waals surface area contributed by atoms with Crippen molar-refractivity contribution in [2.45, 2.75) is 30.1 Å². The smallest absolute Gasteiger partial charge is 0.252 e. The van der Waals surface area contributed by atoms with Gasteiger partial charge in [0, 0.05) is 39.3 Å². The number of rotatable bonds is 7. The van der Waals surface area contributed by atoms with E-state index >= 15 is 0 Å². The van der Waals surface area contributed by atoms with Gasteiger partial charge in [-0.15, -0.1) is 11.3 Å². The maximum atomic E-state index is 12.8. The van der Waals surface area contributed by atoms with Gasteiger partial charge in [0.05, 0.1) is 19.1 Å². The van der Waals surface area contributed by atoms with Crippen molar-refractivity contribution in [3.05, 3.63) is 52.9 Å². The molecule has 0 aliphatic carbocycles. The number of amides is 1. The molecule has 0 bridgehead atoms. The summed E-state index contributed by atoms with van der Waals surface area (Å²) >= 11 is 1.21. The zero-order valence-corrected chi connectivity index (χ0v) is 19.2. The lowest BCUT2D eigenvalue weighted by atomic mass is 9.98. The molecular weight excluding hydrogens is 434 g/mol. The highest BCUT2D eigenvalue weighted by Crippen LogP contribution is 2.26. The van der Waals surface area contributed by atoms with Gasteiger partial charge in [-0.1, -0.05) is 30.3 Å². The molecule has 4 rings (SSSR count). The molecule has 9 heteroatoms. The zero-order valence-electron chi connectivity index (χ0n) is 17.5. The van der Waals surface area contributed by atoms with Crippen LogP contribution in [0.5, 0.6) is 0 Å². The lowest BCUT2D eigenvalue weighted by molar-refractivity contribution is -0.126. The Kier molecular flexibility index (Phi) is 7.39. The molecule has 7 nitrogen and oxygen atoms in total. The molecule has 2 aromatic rings. The highest BCUT2D eigenvalue weighted by molar-refractivity contribution is 7.91. The normalized spacial score (nSPS) is 21.1. The topological polar surface area (TPSA) is 79.0 Å². The molecule has 3 heterocycles. The van der Waals surface area contributed by atoms with Gasteiger partial charge in [-0.05, 0) is 35.4 Å². The molecule has 2 aliphatic heterocycles. The summed E-state index contributed by atoms with van der Waals surface area (Å²) in [6.45, 7) is 5.46. The summed E-state index contributed by atoms with van der Waals surface area (Å²) in [5, 5.41) is 4.77. The summed E-state index contributed by atoms with van der Waals surface area (Å²) < 4.78 is 32.8. The molecule has 1 atom stereocenters. The van der Waals surface area contributed by atoms with Crippen molar-refractivity contribution in [1.29, 1.82) is 0 Å². The number of hydrogen-bond donors (Lipinski definition) is 1. The molecule has 0 unspecified atom stereocenters. The van der Waals surface area contributed by atoms with Crippen molar-refractivity contribution in [3.8, 4) is 0 Å². The summed E-state index contributed by atoms with van der Waals surface area (Å²) in [6.07, 6.45) is 1.40. The van der Waals surface area contributed by atoms with Crippen LogP contribution in [0.2, 0.25) is 0 Å². The Morgan fingerprint density at radius 1 is 1.13 bits per heavy atom. The SMILES string of the molecule is O=C(NCc1cccc(CN2CCOCC2)c1)[C@@H]1CCCN(S(=O)(=O)c2cccs2)C1. The minimum Gasteiger partial charge on any atom is -0.379 e. The van der Waals surface area contributed by atoms with Crippen molar-refractivity contribution < 1.29 is 17.9 Å². The monoisotopic (exact) mass is 463 g/mol. The largest absolute Gasteiger partial charge is 0.379 e. The Labute approximate surface area is 188 Å². The Hall–Kier alpha value is -1.78. The summed E-state index contributed by atoms with van der Waals surface area (Å²) in [7, 11) is -3.51. The Bertz CT molecular complexity index is 972. The van der Waals surface area contributed by atoms with Crippen LogP contribution < -0.4 is 5.32 Å².